The van der Waals surface area contributed by atoms with Gasteiger partial charge in [-0.1, -0.05) is 12.8 Å². The van der Waals surface area contributed by atoms with Gasteiger partial charge in [-0.05, 0) is 44.4 Å². The highest BCUT2D eigenvalue weighted by Gasteiger charge is 2.64. The molecular weight excluding hydrogens is 269 g/mol. The summed E-state index contributed by atoms with van der Waals surface area (Å²) in [5, 5.41) is 5.52. The smallest absolute Gasteiger partial charge is 0.341 e. The molecule has 114 valence electrons. The van der Waals surface area contributed by atoms with Crippen LogP contribution in [0.25, 0.3) is 0 Å². The van der Waals surface area contributed by atoms with Gasteiger partial charge in [0.25, 0.3) is 0 Å². The lowest BCUT2D eigenvalue weighted by Crippen LogP contribution is -2.58. The zero-order valence-electron chi connectivity index (χ0n) is 11.4. The van der Waals surface area contributed by atoms with Crippen molar-refractivity contribution in [3.63, 3.8) is 0 Å². The van der Waals surface area contributed by atoms with Crippen molar-refractivity contribution in [1.82, 2.24) is 10.6 Å². The van der Waals surface area contributed by atoms with Gasteiger partial charge >= 0.3 is 6.18 Å². The SMILES string of the molecule is O=C(NC1(C(F)(F)F)CC1)C1CCC2CCCCC2N1. The minimum atomic E-state index is -4.33. The Bertz CT molecular complexity index is 392. The number of fused-ring (bicyclic) bond motifs is 1. The minimum absolute atomic E-state index is 0.0149. The van der Waals surface area contributed by atoms with Crippen molar-refractivity contribution in [2.24, 2.45) is 5.92 Å². The molecular formula is C14H21F3N2O. The minimum Gasteiger partial charge on any atom is -0.341 e. The van der Waals surface area contributed by atoms with Crippen LogP contribution in [0.2, 0.25) is 0 Å². The van der Waals surface area contributed by atoms with Crippen LogP contribution >= 0.6 is 0 Å². The Labute approximate surface area is 116 Å². The molecule has 6 heteroatoms. The monoisotopic (exact) mass is 290 g/mol. The van der Waals surface area contributed by atoms with Gasteiger partial charge in [0.05, 0.1) is 6.04 Å². The lowest BCUT2D eigenvalue weighted by Gasteiger charge is -2.40. The maximum absolute atomic E-state index is 12.9. The van der Waals surface area contributed by atoms with Gasteiger partial charge in [-0.2, -0.15) is 13.2 Å². The Kier molecular flexibility index (Phi) is 3.47. The molecule has 3 nitrogen and oxygen atoms in total. The van der Waals surface area contributed by atoms with Crippen LogP contribution in [0.15, 0.2) is 0 Å². The molecule has 3 unspecified atom stereocenters. The molecule has 0 aromatic rings. The molecule has 2 N–H and O–H groups in total. The predicted molar refractivity (Wildman–Crippen MR) is 68.1 cm³/mol. The van der Waals surface area contributed by atoms with Crippen molar-refractivity contribution in [3.8, 4) is 0 Å². The largest absolute Gasteiger partial charge is 0.411 e. The number of hydrogen-bond donors (Lipinski definition) is 2. The molecule has 0 spiro atoms. The third-order valence-corrected chi connectivity index (χ3v) is 5.12. The molecule has 20 heavy (non-hydrogen) atoms. The Balaban J connectivity index is 1.58. The predicted octanol–water partition coefficient (Wildman–Crippen LogP) is 2.51. The Hall–Kier alpha value is -0.780. The quantitative estimate of drug-likeness (QED) is 0.820. The number of amides is 1. The first-order valence-electron chi connectivity index (χ1n) is 7.56. The van der Waals surface area contributed by atoms with Gasteiger partial charge in [-0.15, -0.1) is 0 Å². The van der Waals surface area contributed by atoms with Crippen molar-refractivity contribution in [1.29, 1.82) is 0 Å². The summed E-state index contributed by atoms with van der Waals surface area (Å²) in [6.07, 6.45) is 1.91. The summed E-state index contributed by atoms with van der Waals surface area (Å²) in [6.45, 7) is 0. The fourth-order valence-corrected chi connectivity index (χ4v) is 3.63. The van der Waals surface area contributed by atoms with Crippen molar-refractivity contribution >= 4 is 5.91 Å². The number of rotatable bonds is 2. The highest BCUT2D eigenvalue weighted by Crippen LogP contribution is 2.49. The summed E-state index contributed by atoms with van der Waals surface area (Å²) in [5.74, 6) is 0.133. The van der Waals surface area contributed by atoms with Crippen LogP contribution in [-0.4, -0.2) is 29.7 Å². The number of carbonyl (C=O) groups excluding carboxylic acids is 1. The van der Waals surface area contributed by atoms with E-state index >= 15 is 0 Å². The van der Waals surface area contributed by atoms with E-state index in [1.165, 1.54) is 12.8 Å². The molecule has 3 rings (SSSR count). The fraction of sp³-hybridized carbons (Fsp3) is 0.929. The molecule has 3 fully saturated rings. The number of hydrogen-bond acceptors (Lipinski definition) is 2. The Morgan fingerprint density at radius 1 is 1.10 bits per heavy atom. The first kappa shape index (κ1) is 14.2. The first-order chi connectivity index (χ1) is 9.41. The third kappa shape index (κ3) is 2.54. The van der Waals surface area contributed by atoms with Crippen LogP contribution in [0.3, 0.4) is 0 Å². The Morgan fingerprint density at radius 3 is 2.45 bits per heavy atom. The maximum Gasteiger partial charge on any atom is 0.411 e. The van der Waals surface area contributed by atoms with Gasteiger partial charge in [0.2, 0.25) is 5.91 Å². The van der Waals surface area contributed by atoms with Crippen LogP contribution in [0, 0.1) is 5.92 Å². The summed E-state index contributed by atoms with van der Waals surface area (Å²) in [6, 6.07) is -0.136. The van der Waals surface area contributed by atoms with Gasteiger partial charge in [0.1, 0.15) is 5.54 Å². The molecule has 2 aliphatic carbocycles. The van der Waals surface area contributed by atoms with Gasteiger partial charge in [0, 0.05) is 6.04 Å². The van der Waals surface area contributed by atoms with Gasteiger partial charge in [0.15, 0.2) is 0 Å². The summed E-state index contributed by atoms with van der Waals surface area (Å²) >= 11 is 0. The average Bonchev–Trinajstić information content (AvgIpc) is 3.18. The molecule has 3 atom stereocenters. The topological polar surface area (TPSA) is 41.1 Å². The molecule has 1 amide bonds. The molecule has 2 saturated carbocycles. The molecule has 1 aliphatic heterocycles. The van der Waals surface area contributed by atoms with E-state index in [0.29, 0.717) is 18.4 Å². The fourth-order valence-electron chi connectivity index (χ4n) is 3.63. The van der Waals surface area contributed by atoms with E-state index in [9.17, 15) is 18.0 Å². The summed E-state index contributed by atoms with van der Waals surface area (Å²) in [4.78, 5) is 12.1. The third-order valence-electron chi connectivity index (χ3n) is 5.12. The van der Waals surface area contributed by atoms with Crippen LogP contribution in [0.5, 0.6) is 0 Å². The van der Waals surface area contributed by atoms with E-state index in [4.69, 9.17) is 0 Å². The number of halogens is 3. The lowest BCUT2D eigenvalue weighted by molar-refractivity contribution is -0.171. The van der Waals surface area contributed by atoms with E-state index in [-0.39, 0.29) is 12.8 Å². The van der Waals surface area contributed by atoms with Crippen molar-refractivity contribution in [2.75, 3.05) is 0 Å². The maximum atomic E-state index is 12.9. The highest BCUT2D eigenvalue weighted by molar-refractivity contribution is 5.83. The van der Waals surface area contributed by atoms with Gasteiger partial charge in [-0.25, -0.2) is 0 Å². The van der Waals surface area contributed by atoms with Gasteiger partial charge < -0.3 is 10.6 Å². The first-order valence-corrected chi connectivity index (χ1v) is 7.56. The van der Waals surface area contributed by atoms with E-state index in [1.807, 2.05) is 0 Å². The number of alkyl halides is 3. The normalized spacial score (nSPS) is 36.0. The van der Waals surface area contributed by atoms with Crippen LogP contribution in [0.4, 0.5) is 13.2 Å². The summed E-state index contributed by atoms with van der Waals surface area (Å²) < 4.78 is 38.6. The van der Waals surface area contributed by atoms with Crippen molar-refractivity contribution in [2.45, 2.75) is 75.2 Å². The van der Waals surface area contributed by atoms with E-state index in [1.54, 1.807) is 0 Å². The summed E-state index contributed by atoms with van der Waals surface area (Å²) in [5.41, 5.74) is -1.94. The zero-order chi connectivity index (χ0) is 14.4. The van der Waals surface area contributed by atoms with Crippen LogP contribution in [-0.2, 0) is 4.79 Å². The zero-order valence-corrected chi connectivity index (χ0v) is 11.4. The second kappa shape index (κ2) is 4.90. The molecule has 1 saturated heterocycles. The number of nitrogens with one attached hydrogen (secondary N) is 2. The molecule has 3 aliphatic rings. The average molecular weight is 290 g/mol. The lowest BCUT2D eigenvalue weighted by atomic mass is 9.77. The summed E-state index contributed by atoms with van der Waals surface area (Å²) in [7, 11) is 0. The molecule has 0 radical (unpaired) electrons. The van der Waals surface area contributed by atoms with Gasteiger partial charge in [-0.3, -0.25) is 4.79 Å². The number of piperidine rings is 1. The van der Waals surface area contributed by atoms with Crippen LogP contribution < -0.4 is 10.6 Å². The molecule has 1 heterocycles. The molecule has 0 bridgehead atoms. The second-order valence-corrected chi connectivity index (χ2v) is 6.52. The van der Waals surface area contributed by atoms with E-state index in [2.05, 4.69) is 10.6 Å². The van der Waals surface area contributed by atoms with E-state index in [0.717, 1.165) is 19.3 Å². The van der Waals surface area contributed by atoms with Crippen molar-refractivity contribution in [3.05, 3.63) is 0 Å². The van der Waals surface area contributed by atoms with E-state index < -0.39 is 23.7 Å². The van der Waals surface area contributed by atoms with Crippen molar-refractivity contribution < 1.29 is 18.0 Å². The standard InChI is InChI=1S/C14H21F3N2O/c15-14(16,17)13(7-8-13)19-12(20)11-6-5-9-3-1-2-4-10(9)18-11/h9-11,18H,1-8H2,(H,19,20). The van der Waals surface area contributed by atoms with Crippen LogP contribution in [0.1, 0.15) is 51.4 Å². The molecule has 0 aromatic carbocycles. The Morgan fingerprint density at radius 2 is 1.80 bits per heavy atom. The highest BCUT2D eigenvalue weighted by atomic mass is 19.4. The molecule has 0 aromatic heterocycles. The second-order valence-electron chi connectivity index (χ2n) is 6.52. The number of carbonyl (C=O) groups is 1.